The van der Waals surface area contributed by atoms with Gasteiger partial charge in [0.15, 0.2) is 11.5 Å². The number of aromatic nitrogens is 2. The van der Waals surface area contributed by atoms with E-state index < -0.39 is 6.29 Å². The van der Waals surface area contributed by atoms with Crippen molar-refractivity contribution in [2.45, 2.75) is 32.5 Å². The van der Waals surface area contributed by atoms with Crippen molar-refractivity contribution >= 4 is 34.6 Å². The first-order valence-electron chi connectivity index (χ1n) is 9.36. The zero-order chi connectivity index (χ0) is 20.9. The summed E-state index contributed by atoms with van der Waals surface area (Å²) in [6, 6.07) is 6.42. The summed E-state index contributed by atoms with van der Waals surface area (Å²) in [5, 5.41) is 5.74. The van der Waals surface area contributed by atoms with Crippen LogP contribution in [0.15, 0.2) is 41.4 Å². The van der Waals surface area contributed by atoms with Gasteiger partial charge in [-0.15, -0.1) is 8.78 Å². The average molecular weight is 448 g/mol. The van der Waals surface area contributed by atoms with Crippen LogP contribution in [0, 0.1) is 6.92 Å². The van der Waals surface area contributed by atoms with Gasteiger partial charge in [0.05, 0.1) is 10.7 Å². The SMILES string of the molecule is Cc1nscc1C(Nc1ccc(-c2cc3c(cc2Cl)OC(F)(F)O3)cn1)=C1CCC1. The minimum atomic E-state index is -3.68. The number of anilines is 1. The summed E-state index contributed by atoms with van der Waals surface area (Å²) in [6.45, 7) is 1.99. The number of hydrogen-bond acceptors (Lipinski definition) is 6. The number of nitrogens with one attached hydrogen (secondary N) is 1. The van der Waals surface area contributed by atoms with Crippen LogP contribution in [0.3, 0.4) is 0 Å². The number of alkyl halides is 2. The molecule has 0 atom stereocenters. The fraction of sp³-hybridized carbons (Fsp3) is 0.238. The van der Waals surface area contributed by atoms with Crippen molar-refractivity contribution in [1.82, 2.24) is 9.36 Å². The molecule has 0 amide bonds. The monoisotopic (exact) mass is 447 g/mol. The van der Waals surface area contributed by atoms with Crippen molar-refractivity contribution in [3.05, 3.63) is 57.7 Å². The van der Waals surface area contributed by atoms with E-state index in [1.807, 2.05) is 24.4 Å². The first-order valence-corrected chi connectivity index (χ1v) is 10.6. The summed E-state index contributed by atoms with van der Waals surface area (Å²) >= 11 is 7.71. The highest BCUT2D eigenvalue weighted by Gasteiger charge is 2.43. The molecule has 1 saturated carbocycles. The minimum absolute atomic E-state index is 0.0564. The highest BCUT2D eigenvalue weighted by atomic mass is 35.5. The number of benzene rings is 1. The molecule has 1 fully saturated rings. The number of hydrogen-bond donors (Lipinski definition) is 1. The number of allylic oxidation sites excluding steroid dienone is 1. The molecule has 3 aromatic rings. The fourth-order valence-electron chi connectivity index (χ4n) is 3.43. The second kappa shape index (κ2) is 7.21. The lowest BCUT2D eigenvalue weighted by atomic mass is 9.88. The Balaban J connectivity index is 1.42. The third-order valence-electron chi connectivity index (χ3n) is 5.15. The first-order chi connectivity index (χ1) is 14.4. The summed E-state index contributed by atoms with van der Waals surface area (Å²) in [5.41, 5.74) is 5.73. The number of fused-ring (bicyclic) bond motifs is 1. The number of ether oxygens (including phenoxy) is 2. The van der Waals surface area contributed by atoms with Gasteiger partial charge < -0.3 is 14.8 Å². The molecule has 0 spiro atoms. The third-order valence-corrected chi connectivity index (χ3v) is 6.18. The molecule has 0 saturated heterocycles. The maximum atomic E-state index is 13.3. The summed E-state index contributed by atoms with van der Waals surface area (Å²) in [6.07, 6.45) is 1.27. The van der Waals surface area contributed by atoms with Gasteiger partial charge in [0, 0.05) is 40.0 Å². The lowest BCUT2D eigenvalue weighted by Gasteiger charge is -2.23. The van der Waals surface area contributed by atoms with E-state index in [0.717, 1.165) is 29.8 Å². The van der Waals surface area contributed by atoms with Gasteiger partial charge in [0.25, 0.3) is 0 Å². The Bertz CT molecular complexity index is 1160. The number of nitrogens with zero attached hydrogens (tertiary/aromatic N) is 2. The normalized spacial score (nSPS) is 16.3. The summed E-state index contributed by atoms with van der Waals surface area (Å²) in [5.74, 6) is 0.540. The summed E-state index contributed by atoms with van der Waals surface area (Å²) in [7, 11) is 0. The number of halogens is 3. The van der Waals surface area contributed by atoms with Crippen molar-refractivity contribution < 1.29 is 18.3 Å². The standard InChI is InChI=1S/C21H16ClF2N3O2S/c1-11-15(10-30-27-11)20(12-3-2-4-12)26-19-6-5-13(9-25-19)14-7-17-18(8-16(14)22)29-21(23,24)28-17/h5-10H,2-4H2,1H3,(H,25,26). The van der Waals surface area contributed by atoms with Gasteiger partial charge in [0.1, 0.15) is 5.82 Å². The summed E-state index contributed by atoms with van der Waals surface area (Å²) in [4.78, 5) is 4.50. The lowest BCUT2D eigenvalue weighted by Crippen LogP contribution is -2.25. The molecule has 0 bridgehead atoms. The van der Waals surface area contributed by atoms with E-state index in [0.29, 0.717) is 16.9 Å². The van der Waals surface area contributed by atoms with Crippen LogP contribution in [0.2, 0.25) is 5.02 Å². The van der Waals surface area contributed by atoms with Crippen molar-refractivity contribution in [1.29, 1.82) is 0 Å². The predicted molar refractivity (Wildman–Crippen MR) is 112 cm³/mol. The molecule has 1 aromatic carbocycles. The van der Waals surface area contributed by atoms with Crippen LogP contribution in [-0.4, -0.2) is 15.7 Å². The van der Waals surface area contributed by atoms with Crippen LogP contribution in [0.1, 0.15) is 30.5 Å². The van der Waals surface area contributed by atoms with E-state index in [9.17, 15) is 8.78 Å². The third kappa shape index (κ3) is 3.50. The molecule has 1 N–H and O–H groups in total. The van der Waals surface area contributed by atoms with Crippen molar-refractivity contribution in [3.8, 4) is 22.6 Å². The molecule has 2 aliphatic rings. The van der Waals surface area contributed by atoms with E-state index in [1.54, 1.807) is 6.20 Å². The average Bonchev–Trinajstić information content (AvgIpc) is 3.20. The van der Waals surface area contributed by atoms with E-state index in [4.69, 9.17) is 11.6 Å². The molecule has 1 aliphatic carbocycles. The maximum absolute atomic E-state index is 13.3. The van der Waals surface area contributed by atoms with Crippen LogP contribution in [0.4, 0.5) is 14.6 Å². The zero-order valence-corrected chi connectivity index (χ0v) is 17.4. The molecule has 9 heteroatoms. The molecule has 3 heterocycles. The van der Waals surface area contributed by atoms with Crippen LogP contribution >= 0.6 is 23.1 Å². The Labute approximate surface area is 180 Å². The molecule has 154 valence electrons. The summed E-state index contributed by atoms with van der Waals surface area (Å²) < 4.78 is 40.0. The Morgan fingerprint density at radius 3 is 2.57 bits per heavy atom. The predicted octanol–water partition coefficient (Wildman–Crippen LogP) is 6.50. The Hall–Kier alpha value is -2.71. The van der Waals surface area contributed by atoms with Crippen molar-refractivity contribution in [2.75, 3.05) is 5.32 Å². The van der Waals surface area contributed by atoms with Gasteiger partial charge in [-0.2, -0.15) is 4.37 Å². The van der Waals surface area contributed by atoms with Crippen LogP contribution < -0.4 is 14.8 Å². The lowest BCUT2D eigenvalue weighted by molar-refractivity contribution is -0.286. The molecule has 0 radical (unpaired) electrons. The van der Waals surface area contributed by atoms with Gasteiger partial charge in [-0.1, -0.05) is 11.6 Å². The second-order valence-electron chi connectivity index (χ2n) is 7.15. The highest BCUT2D eigenvalue weighted by molar-refractivity contribution is 7.03. The zero-order valence-electron chi connectivity index (χ0n) is 15.8. The number of rotatable bonds is 4. The number of pyridine rings is 1. The Morgan fingerprint density at radius 2 is 1.97 bits per heavy atom. The largest absolute Gasteiger partial charge is 0.586 e. The Kier molecular flexibility index (Phi) is 4.63. The Morgan fingerprint density at radius 1 is 1.20 bits per heavy atom. The van der Waals surface area contributed by atoms with Gasteiger partial charge in [0.2, 0.25) is 0 Å². The molecule has 0 unspecified atom stereocenters. The van der Waals surface area contributed by atoms with Gasteiger partial charge in [-0.25, -0.2) is 4.98 Å². The van der Waals surface area contributed by atoms with E-state index in [-0.39, 0.29) is 16.5 Å². The van der Waals surface area contributed by atoms with Crippen molar-refractivity contribution in [2.24, 2.45) is 0 Å². The van der Waals surface area contributed by atoms with Gasteiger partial charge in [-0.3, -0.25) is 0 Å². The van der Waals surface area contributed by atoms with E-state index in [1.165, 1.54) is 35.7 Å². The van der Waals surface area contributed by atoms with Crippen LogP contribution in [0.5, 0.6) is 11.5 Å². The topological polar surface area (TPSA) is 56.3 Å². The smallest absolute Gasteiger partial charge is 0.395 e. The maximum Gasteiger partial charge on any atom is 0.586 e. The van der Waals surface area contributed by atoms with E-state index in [2.05, 4.69) is 24.1 Å². The minimum Gasteiger partial charge on any atom is -0.395 e. The first kappa shape index (κ1) is 19.3. The van der Waals surface area contributed by atoms with Crippen LogP contribution in [0.25, 0.3) is 16.8 Å². The van der Waals surface area contributed by atoms with Crippen LogP contribution in [-0.2, 0) is 0 Å². The molecule has 30 heavy (non-hydrogen) atoms. The molecular formula is C21H16ClF2N3O2S. The molecule has 2 aromatic heterocycles. The molecule has 5 nitrogen and oxygen atoms in total. The quantitative estimate of drug-likeness (QED) is 0.495. The van der Waals surface area contributed by atoms with E-state index >= 15 is 0 Å². The number of aryl methyl sites for hydroxylation is 1. The molecule has 5 rings (SSSR count). The highest BCUT2D eigenvalue weighted by Crippen LogP contribution is 2.46. The van der Waals surface area contributed by atoms with Crippen molar-refractivity contribution in [3.63, 3.8) is 0 Å². The van der Waals surface area contributed by atoms with Gasteiger partial charge >= 0.3 is 6.29 Å². The molecule has 1 aliphatic heterocycles. The fourth-order valence-corrected chi connectivity index (χ4v) is 4.40. The molecular weight excluding hydrogens is 432 g/mol. The second-order valence-corrected chi connectivity index (χ2v) is 8.19. The van der Waals surface area contributed by atoms with Gasteiger partial charge in [-0.05, 0) is 61.5 Å².